The number of phenolic OH excluding ortho intramolecular Hbond substituents is 2. The number of hydrogen-bond donors (Lipinski definition) is 3. The van der Waals surface area contributed by atoms with E-state index in [0.717, 1.165) is 0 Å². The predicted octanol–water partition coefficient (Wildman–Crippen LogP) is 1.42. The number of hydrogen-bond acceptors (Lipinski definition) is 3. The van der Waals surface area contributed by atoms with Crippen molar-refractivity contribution in [3.05, 3.63) is 29.8 Å². The van der Waals surface area contributed by atoms with Crippen LogP contribution >= 0.6 is 0 Å². The average molecular weight is 165 g/mol. The highest BCUT2D eigenvalue weighted by atomic mass is 16.3. The monoisotopic (exact) mass is 165 g/mol. The van der Waals surface area contributed by atoms with Crippen molar-refractivity contribution >= 4 is 5.70 Å². The Morgan fingerprint density at radius 2 is 2.08 bits per heavy atom. The quantitative estimate of drug-likeness (QED) is 0.589. The molecular weight excluding hydrogens is 154 g/mol. The Kier molecular flexibility index (Phi) is 2.24. The van der Waals surface area contributed by atoms with Crippen LogP contribution in [0.4, 0.5) is 0 Å². The minimum absolute atomic E-state index is 0.00870. The number of aromatic hydroxyl groups is 2. The lowest BCUT2D eigenvalue weighted by atomic mass is 10.1. The molecular formula is C9H11NO2. The zero-order chi connectivity index (χ0) is 9.14. The van der Waals surface area contributed by atoms with Crippen LogP contribution in [-0.2, 0) is 0 Å². The number of nitrogens with two attached hydrogens (primary N) is 1. The highest BCUT2D eigenvalue weighted by molar-refractivity contribution is 5.68. The SMILES string of the molecule is C/C=C(\N)c1ccc(O)cc1O. The molecule has 0 bridgehead atoms. The van der Waals surface area contributed by atoms with Crippen molar-refractivity contribution in [3.63, 3.8) is 0 Å². The summed E-state index contributed by atoms with van der Waals surface area (Å²) in [4.78, 5) is 0. The molecule has 1 aromatic carbocycles. The molecule has 1 aromatic rings. The van der Waals surface area contributed by atoms with Gasteiger partial charge in [0.25, 0.3) is 0 Å². The zero-order valence-electron chi connectivity index (χ0n) is 6.78. The van der Waals surface area contributed by atoms with Crippen LogP contribution in [0.3, 0.4) is 0 Å². The van der Waals surface area contributed by atoms with Gasteiger partial charge in [0, 0.05) is 17.3 Å². The van der Waals surface area contributed by atoms with Crippen LogP contribution < -0.4 is 5.73 Å². The smallest absolute Gasteiger partial charge is 0.128 e. The van der Waals surface area contributed by atoms with Crippen molar-refractivity contribution < 1.29 is 10.2 Å². The van der Waals surface area contributed by atoms with E-state index < -0.39 is 0 Å². The van der Waals surface area contributed by atoms with E-state index in [2.05, 4.69) is 0 Å². The normalized spacial score (nSPS) is 11.6. The molecule has 0 radical (unpaired) electrons. The minimum atomic E-state index is -0.00870. The fourth-order valence-electron chi connectivity index (χ4n) is 0.920. The molecule has 0 aliphatic heterocycles. The highest BCUT2D eigenvalue weighted by Crippen LogP contribution is 2.25. The van der Waals surface area contributed by atoms with Crippen LogP contribution in [-0.4, -0.2) is 10.2 Å². The lowest BCUT2D eigenvalue weighted by molar-refractivity contribution is 0.449. The Balaban J connectivity index is 3.18. The van der Waals surface area contributed by atoms with Crippen molar-refractivity contribution in [1.29, 1.82) is 0 Å². The molecule has 0 unspecified atom stereocenters. The van der Waals surface area contributed by atoms with Gasteiger partial charge in [0.2, 0.25) is 0 Å². The van der Waals surface area contributed by atoms with Crippen molar-refractivity contribution in [2.75, 3.05) is 0 Å². The Morgan fingerprint density at radius 3 is 2.58 bits per heavy atom. The Labute approximate surface area is 70.8 Å². The van der Waals surface area contributed by atoms with E-state index in [9.17, 15) is 5.11 Å². The lowest BCUT2D eigenvalue weighted by Crippen LogP contribution is -1.95. The van der Waals surface area contributed by atoms with Crippen molar-refractivity contribution in [2.45, 2.75) is 6.92 Å². The van der Waals surface area contributed by atoms with Crippen LogP contribution in [0.1, 0.15) is 12.5 Å². The largest absolute Gasteiger partial charge is 0.508 e. The Hall–Kier alpha value is -1.64. The van der Waals surface area contributed by atoms with E-state index in [1.165, 1.54) is 12.1 Å². The topological polar surface area (TPSA) is 66.5 Å². The predicted molar refractivity (Wildman–Crippen MR) is 47.6 cm³/mol. The fraction of sp³-hybridized carbons (Fsp3) is 0.111. The van der Waals surface area contributed by atoms with Gasteiger partial charge in [-0.3, -0.25) is 0 Å². The third-order valence-electron chi connectivity index (χ3n) is 1.60. The van der Waals surface area contributed by atoms with Crippen LogP contribution in [0, 0.1) is 0 Å². The van der Waals surface area contributed by atoms with Crippen LogP contribution in [0.2, 0.25) is 0 Å². The molecule has 0 saturated carbocycles. The molecule has 0 fully saturated rings. The molecule has 0 aromatic heterocycles. The van der Waals surface area contributed by atoms with Gasteiger partial charge in [-0.15, -0.1) is 0 Å². The fourth-order valence-corrected chi connectivity index (χ4v) is 0.920. The highest BCUT2D eigenvalue weighted by Gasteiger charge is 2.02. The first-order valence-corrected chi connectivity index (χ1v) is 3.59. The molecule has 4 N–H and O–H groups in total. The molecule has 3 heteroatoms. The summed E-state index contributed by atoms with van der Waals surface area (Å²) >= 11 is 0. The summed E-state index contributed by atoms with van der Waals surface area (Å²) in [6, 6.07) is 4.30. The minimum Gasteiger partial charge on any atom is -0.508 e. The van der Waals surface area contributed by atoms with Crippen LogP contribution in [0.5, 0.6) is 11.5 Å². The number of allylic oxidation sites excluding steroid dienone is 1. The summed E-state index contributed by atoms with van der Waals surface area (Å²) in [5.41, 5.74) is 6.60. The van der Waals surface area contributed by atoms with Crippen molar-refractivity contribution in [1.82, 2.24) is 0 Å². The molecule has 3 nitrogen and oxygen atoms in total. The summed E-state index contributed by atoms with van der Waals surface area (Å²) in [7, 11) is 0. The van der Waals surface area contributed by atoms with Gasteiger partial charge in [-0.25, -0.2) is 0 Å². The van der Waals surface area contributed by atoms with Gasteiger partial charge in [0.05, 0.1) is 0 Å². The molecule has 0 amide bonds. The van der Waals surface area contributed by atoms with Crippen molar-refractivity contribution in [3.8, 4) is 11.5 Å². The first-order chi connectivity index (χ1) is 5.65. The Morgan fingerprint density at radius 1 is 1.42 bits per heavy atom. The number of benzene rings is 1. The average Bonchev–Trinajstić information content (AvgIpc) is 2.03. The van der Waals surface area contributed by atoms with Gasteiger partial charge in [-0.1, -0.05) is 6.08 Å². The summed E-state index contributed by atoms with van der Waals surface area (Å²) in [5, 5.41) is 18.3. The first kappa shape index (κ1) is 8.46. The van der Waals surface area contributed by atoms with E-state index in [4.69, 9.17) is 10.8 Å². The molecule has 1 rings (SSSR count). The second-order valence-corrected chi connectivity index (χ2v) is 2.45. The second-order valence-electron chi connectivity index (χ2n) is 2.45. The van der Waals surface area contributed by atoms with E-state index in [0.29, 0.717) is 11.3 Å². The van der Waals surface area contributed by atoms with Crippen LogP contribution in [0.15, 0.2) is 24.3 Å². The first-order valence-electron chi connectivity index (χ1n) is 3.59. The van der Waals surface area contributed by atoms with Crippen LogP contribution in [0.25, 0.3) is 5.70 Å². The summed E-state index contributed by atoms with van der Waals surface area (Å²) in [6.07, 6.45) is 1.69. The molecule has 0 heterocycles. The number of rotatable bonds is 1. The van der Waals surface area contributed by atoms with E-state index in [1.54, 1.807) is 19.1 Å². The summed E-state index contributed by atoms with van der Waals surface area (Å²) in [6.45, 7) is 1.78. The molecule has 0 aliphatic carbocycles. The molecule has 0 saturated heterocycles. The van der Waals surface area contributed by atoms with E-state index >= 15 is 0 Å². The van der Waals surface area contributed by atoms with E-state index in [1.807, 2.05) is 0 Å². The van der Waals surface area contributed by atoms with Gasteiger partial charge < -0.3 is 15.9 Å². The van der Waals surface area contributed by atoms with Crippen molar-refractivity contribution in [2.24, 2.45) is 5.73 Å². The van der Waals surface area contributed by atoms with Gasteiger partial charge in [0.15, 0.2) is 0 Å². The third-order valence-corrected chi connectivity index (χ3v) is 1.60. The van der Waals surface area contributed by atoms with Gasteiger partial charge in [-0.05, 0) is 19.1 Å². The third kappa shape index (κ3) is 1.50. The molecule has 0 aliphatic rings. The van der Waals surface area contributed by atoms with E-state index in [-0.39, 0.29) is 11.5 Å². The summed E-state index contributed by atoms with van der Waals surface area (Å²) < 4.78 is 0. The van der Waals surface area contributed by atoms with Gasteiger partial charge in [0.1, 0.15) is 11.5 Å². The standard InChI is InChI=1S/C9H11NO2/c1-2-8(10)7-4-3-6(11)5-9(7)12/h2-5,11-12H,10H2,1H3/b8-2-. The molecule has 0 atom stereocenters. The molecule has 12 heavy (non-hydrogen) atoms. The maximum Gasteiger partial charge on any atom is 0.128 e. The summed E-state index contributed by atoms with van der Waals surface area (Å²) in [5.74, 6) is 0.0192. The molecule has 64 valence electrons. The number of phenols is 2. The lowest BCUT2D eigenvalue weighted by Gasteiger charge is -2.03. The molecule has 0 spiro atoms. The van der Waals surface area contributed by atoms with Gasteiger partial charge in [-0.2, -0.15) is 0 Å². The maximum atomic E-state index is 9.31. The Bertz CT molecular complexity index is 318. The zero-order valence-corrected chi connectivity index (χ0v) is 6.78. The maximum absolute atomic E-state index is 9.31. The second kappa shape index (κ2) is 3.17. The van der Waals surface area contributed by atoms with Gasteiger partial charge >= 0.3 is 0 Å².